The predicted molar refractivity (Wildman–Crippen MR) is 56.6 cm³/mol. The Hall–Kier alpha value is -1.27. The number of halogens is 3. The molecule has 96 valence electrons. The smallest absolute Gasteiger partial charge is 0.406 e. The van der Waals surface area contributed by atoms with Crippen LogP contribution in [0.1, 0.15) is 18.6 Å². The molecule has 0 saturated carbocycles. The summed E-state index contributed by atoms with van der Waals surface area (Å²) >= 11 is 0. The number of likely N-dealkylation sites (N-methyl/N-ethyl adjacent to an activating group) is 1. The Bertz CT molecular complexity index is 355. The number of nitrogens with one attached hydrogen (secondary N) is 1. The van der Waals surface area contributed by atoms with Crippen LogP contribution in [0.15, 0.2) is 24.3 Å². The minimum Gasteiger partial charge on any atom is -0.406 e. The maximum absolute atomic E-state index is 12.0. The second-order valence-electron chi connectivity index (χ2n) is 3.44. The molecule has 0 radical (unpaired) electrons. The summed E-state index contributed by atoms with van der Waals surface area (Å²) in [5.41, 5.74) is 0.382. The Morgan fingerprint density at radius 3 is 2.71 bits per heavy atom. The van der Waals surface area contributed by atoms with Crippen LogP contribution in [0.4, 0.5) is 13.2 Å². The van der Waals surface area contributed by atoms with E-state index >= 15 is 0 Å². The van der Waals surface area contributed by atoms with Crippen LogP contribution in [0.2, 0.25) is 0 Å². The third kappa shape index (κ3) is 5.06. The van der Waals surface area contributed by atoms with Crippen molar-refractivity contribution < 1.29 is 23.0 Å². The van der Waals surface area contributed by atoms with Crippen molar-refractivity contribution in [1.82, 2.24) is 5.32 Å². The lowest BCUT2D eigenvalue weighted by atomic mass is 10.1. The third-order valence-electron chi connectivity index (χ3n) is 2.06. The molecule has 1 aromatic carbocycles. The summed E-state index contributed by atoms with van der Waals surface area (Å²) in [6.45, 7) is 2.83. The van der Waals surface area contributed by atoms with Gasteiger partial charge in [-0.25, -0.2) is 0 Å². The monoisotopic (exact) mass is 249 g/mol. The topological polar surface area (TPSA) is 41.5 Å². The zero-order valence-corrected chi connectivity index (χ0v) is 9.29. The number of rotatable bonds is 5. The molecule has 0 aliphatic carbocycles. The highest BCUT2D eigenvalue weighted by Crippen LogP contribution is 2.25. The fourth-order valence-corrected chi connectivity index (χ4v) is 1.32. The van der Waals surface area contributed by atoms with Gasteiger partial charge in [0.15, 0.2) is 0 Å². The van der Waals surface area contributed by atoms with Crippen LogP contribution in [-0.4, -0.2) is 24.6 Å². The first-order valence-electron chi connectivity index (χ1n) is 5.17. The van der Waals surface area contributed by atoms with Gasteiger partial charge in [0.25, 0.3) is 0 Å². The quantitative estimate of drug-likeness (QED) is 0.840. The number of hydrogen-bond donors (Lipinski definition) is 2. The van der Waals surface area contributed by atoms with Crippen molar-refractivity contribution in [2.24, 2.45) is 0 Å². The first-order chi connectivity index (χ1) is 7.92. The van der Waals surface area contributed by atoms with Crippen LogP contribution in [0.3, 0.4) is 0 Å². The Balaban J connectivity index is 2.71. The van der Waals surface area contributed by atoms with E-state index in [1.807, 2.05) is 6.92 Å². The van der Waals surface area contributed by atoms with Crippen LogP contribution in [-0.2, 0) is 0 Å². The van der Waals surface area contributed by atoms with Crippen molar-refractivity contribution in [3.05, 3.63) is 29.8 Å². The van der Waals surface area contributed by atoms with Crippen LogP contribution in [0.25, 0.3) is 0 Å². The normalized spacial score (nSPS) is 13.5. The SMILES string of the molecule is CCNCC(O)c1cccc(OC(F)(F)F)c1. The molecular weight excluding hydrogens is 235 g/mol. The summed E-state index contributed by atoms with van der Waals surface area (Å²) in [5, 5.41) is 12.6. The molecule has 6 heteroatoms. The third-order valence-corrected chi connectivity index (χ3v) is 2.06. The standard InChI is InChI=1S/C11H14F3NO2/c1-2-15-7-10(16)8-4-3-5-9(6-8)17-11(12,13)14/h3-6,10,15-16H,2,7H2,1H3. The first kappa shape index (κ1) is 13.8. The fraction of sp³-hybridized carbons (Fsp3) is 0.455. The van der Waals surface area contributed by atoms with Gasteiger partial charge in [0, 0.05) is 6.54 Å². The minimum absolute atomic E-state index is 0.284. The molecule has 0 bridgehead atoms. The van der Waals surface area contributed by atoms with E-state index in [4.69, 9.17) is 0 Å². The van der Waals surface area contributed by atoms with Crippen molar-refractivity contribution in [3.8, 4) is 5.75 Å². The summed E-state index contributed by atoms with van der Waals surface area (Å²) in [7, 11) is 0. The molecule has 2 N–H and O–H groups in total. The lowest BCUT2D eigenvalue weighted by Gasteiger charge is -2.14. The van der Waals surface area contributed by atoms with Gasteiger partial charge >= 0.3 is 6.36 Å². The minimum atomic E-state index is -4.72. The second-order valence-corrected chi connectivity index (χ2v) is 3.44. The molecule has 0 aliphatic rings. The Morgan fingerprint density at radius 2 is 2.12 bits per heavy atom. The van der Waals surface area contributed by atoms with Crippen molar-refractivity contribution in [2.75, 3.05) is 13.1 Å². The molecule has 0 aliphatic heterocycles. The molecule has 1 unspecified atom stereocenters. The van der Waals surface area contributed by atoms with Gasteiger partial charge in [-0.15, -0.1) is 13.2 Å². The molecule has 1 aromatic rings. The van der Waals surface area contributed by atoms with Crippen molar-refractivity contribution >= 4 is 0 Å². The molecule has 1 rings (SSSR count). The van der Waals surface area contributed by atoms with Crippen molar-refractivity contribution in [3.63, 3.8) is 0 Å². The zero-order chi connectivity index (χ0) is 12.9. The molecule has 3 nitrogen and oxygen atoms in total. The van der Waals surface area contributed by atoms with Crippen LogP contribution < -0.4 is 10.1 Å². The Morgan fingerprint density at radius 1 is 1.41 bits per heavy atom. The second kappa shape index (κ2) is 5.88. The van der Waals surface area contributed by atoms with E-state index in [0.29, 0.717) is 12.1 Å². The van der Waals surface area contributed by atoms with E-state index in [9.17, 15) is 18.3 Å². The van der Waals surface area contributed by atoms with Crippen molar-refractivity contribution in [2.45, 2.75) is 19.4 Å². The summed E-state index contributed by atoms with van der Waals surface area (Å²) in [6, 6.07) is 5.32. The lowest BCUT2D eigenvalue weighted by Crippen LogP contribution is -2.21. The Labute approximate surface area is 97.2 Å². The van der Waals surface area contributed by atoms with E-state index in [2.05, 4.69) is 10.1 Å². The van der Waals surface area contributed by atoms with Gasteiger partial charge in [-0.05, 0) is 24.2 Å². The van der Waals surface area contributed by atoms with Crippen LogP contribution in [0, 0.1) is 0 Å². The number of benzene rings is 1. The van der Waals surface area contributed by atoms with Gasteiger partial charge in [0.1, 0.15) is 5.75 Å². The zero-order valence-electron chi connectivity index (χ0n) is 9.29. The highest BCUT2D eigenvalue weighted by Gasteiger charge is 2.31. The molecule has 0 fully saturated rings. The highest BCUT2D eigenvalue weighted by molar-refractivity contribution is 5.30. The number of aliphatic hydroxyl groups excluding tert-OH is 1. The average molecular weight is 249 g/mol. The van der Waals surface area contributed by atoms with Crippen molar-refractivity contribution in [1.29, 1.82) is 0 Å². The summed E-state index contributed by atoms with van der Waals surface area (Å²) in [4.78, 5) is 0. The molecule has 0 heterocycles. The maximum atomic E-state index is 12.0. The van der Waals surface area contributed by atoms with Gasteiger partial charge < -0.3 is 15.2 Å². The number of alkyl halides is 3. The van der Waals surface area contributed by atoms with Crippen LogP contribution >= 0.6 is 0 Å². The van der Waals surface area contributed by atoms with E-state index in [1.165, 1.54) is 18.2 Å². The lowest BCUT2D eigenvalue weighted by molar-refractivity contribution is -0.274. The molecular formula is C11H14F3NO2. The van der Waals surface area contributed by atoms with Gasteiger partial charge in [-0.1, -0.05) is 19.1 Å². The van der Waals surface area contributed by atoms with Crippen LogP contribution in [0.5, 0.6) is 5.75 Å². The predicted octanol–water partition coefficient (Wildman–Crippen LogP) is 2.23. The first-order valence-corrected chi connectivity index (χ1v) is 5.17. The number of aliphatic hydroxyl groups is 1. The average Bonchev–Trinajstić information content (AvgIpc) is 2.24. The molecule has 0 amide bonds. The molecule has 0 saturated heterocycles. The molecule has 17 heavy (non-hydrogen) atoms. The van der Waals surface area contributed by atoms with E-state index in [-0.39, 0.29) is 12.3 Å². The largest absolute Gasteiger partial charge is 0.573 e. The number of hydrogen-bond acceptors (Lipinski definition) is 3. The number of ether oxygens (including phenoxy) is 1. The molecule has 1 atom stereocenters. The van der Waals surface area contributed by atoms with Gasteiger partial charge in [0.05, 0.1) is 6.10 Å². The van der Waals surface area contributed by atoms with E-state index < -0.39 is 12.5 Å². The maximum Gasteiger partial charge on any atom is 0.573 e. The highest BCUT2D eigenvalue weighted by atomic mass is 19.4. The van der Waals surface area contributed by atoms with E-state index in [0.717, 1.165) is 0 Å². The van der Waals surface area contributed by atoms with E-state index in [1.54, 1.807) is 6.07 Å². The van der Waals surface area contributed by atoms with Gasteiger partial charge in [-0.2, -0.15) is 0 Å². The molecule has 0 aromatic heterocycles. The summed E-state index contributed by atoms with van der Waals surface area (Å²) in [6.07, 6.45) is -5.57. The summed E-state index contributed by atoms with van der Waals surface area (Å²) < 4.78 is 39.7. The summed E-state index contributed by atoms with van der Waals surface area (Å²) in [5.74, 6) is -0.328. The van der Waals surface area contributed by atoms with Gasteiger partial charge in [-0.3, -0.25) is 0 Å². The Kier molecular flexibility index (Phi) is 4.77. The van der Waals surface area contributed by atoms with Gasteiger partial charge in [0.2, 0.25) is 0 Å². The molecule has 0 spiro atoms. The fourth-order valence-electron chi connectivity index (χ4n) is 1.32.